The number of carbonyl (C=O) groups excluding carboxylic acids is 2. The molecule has 0 spiro atoms. The summed E-state index contributed by atoms with van der Waals surface area (Å²) in [5.41, 5.74) is 2.34. The van der Waals surface area contributed by atoms with E-state index in [1.807, 2.05) is 36.4 Å². The molecular formula is C13H13NO3. The number of hydrogen-bond acceptors (Lipinski definition) is 3. The Balaban J connectivity index is 2.39. The van der Waals surface area contributed by atoms with Gasteiger partial charge in [0.05, 0.1) is 0 Å². The Morgan fingerprint density at radius 2 is 1.88 bits per heavy atom. The van der Waals surface area contributed by atoms with Crippen molar-refractivity contribution < 1.29 is 14.8 Å². The van der Waals surface area contributed by atoms with Gasteiger partial charge in [-0.3, -0.25) is 14.8 Å². The van der Waals surface area contributed by atoms with Crippen molar-refractivity contribution in [2.24, 2.45) is 0 Å². The summed E-state index contributed by atoms with van der Waals surface area (Å²) in [4.78, 5) is 21.6. The van der Waals surface area contributed by atoms with Gasteiger partial charge in [-0.25, -0.2) is 5.48 Å². The van der Waals surface area contributed by atoms with Crippen LogP contribution in [0.4, 0.5) is 0 Å². The summed E-state index contributed by atoms with van der Waals surface area (Å²) >= 11 is 0. The molecule has 0 aliphatic rings. The smallest absolute Gasteiger partial charge is 0.288 e. The lowest BCUT2D eigenvalue weighted by Gasteiger charge is -1.92. The highest BCUT2D eigenvalue weighted by atomic mass is 16.5. The van der Waals surface area contributed by atoms with Crippen molar-refractivity contribution in [1.82, 2.24) is 5.48 Å². The average Bonchev–Trinajstić information content (AvgIpc) is 2.38. The Morgan fingerprint density at radius 1 is 1.18 bits per heavy atom. The quantitative estimate of drug-likeness (QED) is 0.351. The lowest BCUT2D eigenvalue weighted by atomic mass is 10.2. The molecule has 0 heterocycles. The van der Waals surface area contributed by atoms with Gasteiger partial charge < -0.3 is 0 Å². The van der Waals surface area contributed by atoms with Crippen LogP contribution in [0.15, 0.2) is 48.6 Å². The average molecular weight is 231 g/mol. The van der Waals surface area contributed by atoms with E-state index in [0.29, 0.717) is 0 Å². The molecule has 88 valence electrons. The van der Waals surface area contributed by atoms with Gasteiger partial charge in [0.1, 0.15) is 0 Å². The molecule has 0 saturated heterocycles. The molecule has 0 unspecified atom stereocenters. The van der Waals surface area contributed by atoms with Crippen LogP contribution >= 0.6 is 0 Å². The Morgan fingerprint density at radius 3 is 2.53 bits per heavy atom. The molecule has 0 atom stereocenters. The third kappa shape index (κ3) is 4.90. The molecule has 17 heavy (non-hydrogen) atoms. The summed E-state index contributed by atoms with van der Waals surface area (Å²) < 4.78 is 0. The van der Waals surface area contributed by atoms with Crippen LogP contribution in [0, 0.1) is 0 Å². The lowest BCUT2D eigenvalue weighted by Crippen LogP contribution is -2.27. The molecule has 4 nitrogen and oxygen atoms in total. The van der Waals surface area contributed by atoms with Crippen LogP contribution in [0.25, 0.3) is 6.08 Å². The fraction of sp³-hybridized carbons (Fsp3) is 0.0769. The predicted molar refractivity (Wildman–Crippen MR) is 64.2 cm³/mol. The summed E-state index contributed by atoms with van der Waals surface area (Å²) in [5.74, 6) is -1.68. The first kappa shape index (κ1) is 12.9. The zero-order valence-corrected chi connectivity index (χ0v) is 9.17. The van der Waals surface area contributed by atoms with Crippen LogP contribution in [0.5, 0.6) is 0 Å². The van der Waals surface area contributed by atoms with Crippen LogP contribution in [0.2, 0.25) is 0 Å². The first-order chi connectivity index (χ1) is 8.24. The molecule has 0 aliphatic carbocycles. The first-order valence-corrected chi connectivity index (χ1v) is 5.09. The Labute approximate surface area is 99.2 Å². The zero-order valence-electron chi connectivity index (χ0n) is 9.17. The first-order valence-electron chi connectivity index (χ1n) is 5.09. The zero-order chi connectivity index (χ0) is 12.5. The van der Waals surface area contributed by atoms with Crippen LogP contribution in [0.3, 0.4) is 0 Å². The summed E-state index contributed by atoms with van der Waals surface area (Å²) in [7, 11) is 0. The highest BCUT2D eigenvalue weighted by Gasteiger charge is 2.08. The molecule has 1 aromatic rings. The molecule has 2 N–H and O–H groups in total. The van der Waals surface area contributed by atoms with E-state index >= 15 is 0 Å². The standard InChI is InChI=1S/C13H13NO3/c15-12(13(16)14-17)10-6-2-5-9-11-7-3-1-4-8-11/h1-9,17H,10H2,(H,14,16)/b6-2+,9-5+. The van der Waals surface area contributed by atoms with Crippen molar-refractivity contribution >= 4 is 17.8 Å². The summed E-state index contributed by atoms with van der Waals surface area (Å²) in [6.07, 6.45) is 6.85. The number of benzene rings is 1. The molecule has 0 aliphatic heterocycles. The third-order valence-corrected chi connectivity index (χ3v) is 1.99. The van der Waals surface area contributed by atoms with E-state index < -0.39 is 11.7 Å². The monoisotopic (exact) mass is 231 g/mol. The van der Waals surface area contributed by atoms with E-state index in [4.69, 9.17) is 5.21 Å². The fourth-order valence-electron chi connectivity index (χ4n) is 1.14. The van der Waals surface area contributed by atoms with Crippen molar-refractivity contribution in [3.63, 3.8) is 0 Å². The van der Waals surface area contributed by atoms with Crippen LogP contribution in [-0.4, -0.2) is 16.9 Å². The van der Waals surface area contributed by atoms with E-state index in [0.717, 1.165) is 5.56 Å². The molecule has 0 fully saturated rings. The van der Waals surface area contributed by atoms with E-state index in [1.54, 1.807) is 18.2 Å². The SMILES string of the molecule is O=C(C/C=C/C=C/c1ccccc1)C(=O)NO. The molecule has 1 aromatic carbocycles. The van der Waals surface area contributed by atoms with Crippen molar-refractivity contribution in [2.75, 3.05) is 0 Å². The largest absolute Gasteiger partial charge is 0.311 e. The Hall–Kier alpha value is -2.20. The van der Waals surface area contributed by atoms with E-state index in [-0.39, 0.29) is 6.42 Å². The predicted octanol–water partition coefficient (Wildman–Crippen LogP) is 1.72. The Bertz CT molecular complexity index is 435. The second-order valence-electron chi connectivity index (χ2n) is 3.27. The van der Waals surface area contributed by atoms with Gasteiger partial charge in [0.15, 0.2) is 0 Å². The number of Topliss-reactive ketones (excluding diaryl/α,β-unsaturated/α-hetero) is 1. The maximum absolute atomic E-state index is 11.0. The van der Waals surface area contributed by atoms with Gasteiger partial charge in [0.2, 0.25) is 5.78 Å². The third-order valence-electron chi connectivity index (χ3n) is 1.99. The number of allylic oxidation sites excluding steroid dienone is 3. The molecule has 4 heteroatoms. The number of hydroxylamine groups is 1. The van der Waals surface area contributed by atoms with Gasteiger partial charge in [0, 0.05) is 6.42 Å². The van der Waals surface area contributed by atoms with E-state index in [1.165, 1.54) is 5.48 Å². The fourth-order valence-corrected chi connectivity index (χ4v) is 1.14. The van der Waals surface area contributed by atoms with Crippen LogP contribution in [0.1, 0.15) is 12.0 Å². The number of ketones is 1. The highest BCUT2D eigenvalue weighted by Crippen LogP contribution is 2.00. The van der Waals surface area contributed by atoms with Gasteiger partial charge >= 0.3 is 5.91 Å². The van der Waals surface area contributed by atoms with Gasteiger partial charge in [-0.2, -0.15) is 0 Å². The molecule has 0 saturated carbocycles. The maximum atomic E-state index is 11.0. The second-order valence-corrected chi connectivity index (χ2v) is 3.27. The van der Waals surface area contributed by atoms with Crippen LogP contribution in [-0.2, 0) is 9.59 Å². The minimum atomic E-state index is -0.998. The van der Waals surface area contributed by atoms with Crippen molar-refractivity contribution in [3.05, 3.63) is 54.1 Å². The number of nitrogens with one attached hydrogen (secondary N) is 1. The lowest BCUT2D eigenvalue weighted by molar-refractivity contribution is -0.142. The summed E-state index contributed by atoms with van der Waals surface area (Å²) in [5, 5.41) is 8.20. The minimum Gasteiger partial charge on any atom is -0.288 e. The number of rotatable bonds is 5. The van der Waals surface area contributed by atoms with Crippen molar-refractivity contribution in [2.45, 2.75) is 6.42 Å². The topological polar surface area (TPSA) is 66.4 Å². The van der Waals surface area contributed by atoms with Gasteiger partial charge in [-0.15, -0.1) is 0 Å². The van der Waals surface area contributed by atoms with E-state index in [9.17, 15) is 9.59 Å². The summed E-state index contributed by atoms with van der Waals surface area (Å²) in [6.45, 7) is 0. The van der Waals surface area contributed by atoms with Gasteiger partial charge in [-0.1, -0.05) is 54.6 Å². The van der Waals surface area contributed by atoms with Gasteiger partial charge in [0.25, 0.3) is 0 Å². The molecule has 0 bridgehead atoms. The number of amides is 1. The van der Waals surface area contributed by atoms with Crippen molar-refractivity contribution in [1.29, 1.82) is 0 Å². The molecule has 0 aromatic heterocycles. The summed E-state index contributed by atoms with van der Waals surface area (Å²) in [6, 6.07) is 9.69. The van der Waals surface area contributed by atoms with Gasteiger partial charge in [-0.05, 0) is 5.56 Å². The van der Waals surface area contributed by atoms with Crippen molar-refractivity contribution in [3.8, 4) is 0 Å². The van der Waals surface area contributed by atoms with Crippen LogP contribution < -0.4 is 5.48 Å². The van der Waals surface area contributed by atoms with E-state index in [2.05, 4.69) is 0 Å². The molecule has 1 amide bonds. The molecule has 0 radical (unpaired) electrons. The molecule has 1 rings (SSSR count). The second kappa shape index (κ2) is 7.14. The maximum Gasteiger partial charge on any atom is 0.311 e. The Kier molecular flexibility index (Phi) is 5.40. The minimum absolute atomic E-state index is 0.0362. The number of hydrogen-bond donors (Lipinski definition) is 2. The normalized spacial score (nSPS) is 10.9. The molecular weight excluding hydrogens is 218 g/mol. The highest BCUT2D eigenvalue weighted by molar-refractivity contribution is 6.36. The number of carbonyl (C=O) groups is 2.